The Bertz CT molecular complexity index is 1530. The Kier molecular flexibility index (Phi) is 9.44. The van der Waals surface area contributed by atoms with E-state index in [-0.39, 0.29) is 34.4 Å². The number of methoxy groups -OCH3 is 2. The zero-order valence-corrected chi connectivity index (χ0v) is 25.2. The summed E-state index contributed by atoms with van der Waals surface area (Å²) in [5.74, 6) is -0.464. The Morgan fingerprint density at radius 3 is 2.33 bits per heavy atom. The van der Waals surface area contributed by atoms with Crippen LogP contribution < -0.4 is 29.2 Å². The van der Waals surface area contributed by atoms with Gasteiger partial charge in [-0.15, -0.1) is 0 Å². The summed E-state index contributed by atoms with van der Waals surface area (Å²) >= 11 is 14.5. The summed E-state index contributed by atoms with van der Waals surface area (Å²) < 4.78 is 23.1. The normalized spacial score (nSPS) is 14.3. The molecule has 208 valence electrons. The van der Waals surface area contributed by atoms with Gasteiger partial charge in [-0.2, -0.15) is 0 Å². The molecule has 1 heterocycles. The highest BCUT2D eigenvalue weighted by Crippen LogP contribution is 2.40. The maximum Gasteiger partial charge on any atom is 0.336 e. The number of imide groups is 2. The number of amides is 4. The highest BCUT2D eigenvalue weighted by atomic mass is 127. The lowest BCUT2D eigenvalue weighted by atomic mass is 10.1. The van der Waals surface area contributed by atoms with Crippen LogP contribution in [0, 0.1) is 3.57 Å². The number of carbonyl (C=O) groups is 3. The lowest BCUT2D eigenvalue weighted by Gasteiger charge is -2.28. The first kappa shape index (κ1) is 29.5. The number of nitrogens with one attached hydrogen (secondary N) is 1. The van der Waals surface area contributed by atoms with E-state index in [4.69, 9.17) is 42.1 Å². The molecule has 3 aromatic rings. The number of barbiturate groups is 1. The number of halogens is 3. The van der Waals surface area contributed by atoms with E-state index in [1.165, 1.54) is 32.4 Å². The van der Waals surface area contributed by atoms with Crippen molar-refractivity contribution in [3.8, 4) is 23.0 Å². The number of ether oxygens (including phenoxy) is 4. The average molecular weight is 697 g/mol. The molecule has 0 saturated carbocycles. The Morgan fingerprint density at radius 1 is 0.925 bits per heavy atom. The molecule has 1 saturated heterocycles. The number of urea groups is 1. The van der Waals surface area contributed by atoms with E-state index >= 15 is 0 Å². The first-order chi connectivity index (χ1) is 19.2. The quantitative estimate of drug-likeness (QED) is 0.160. The summed E-state index contributed by atoms with van der Waals surface area (Å²) in [7, 11) is 2.76. The van der Waals surface area contributed by atoms with Gasteiger partial charge in [0.15, 0.2) is 11.5 Å². The molecule has 0 spiro atoms. The first-order valence-electron chi connectivity index (χ1n) is 11.8. The molecule has 3 aromatic carbocycles. The predicted molar refractivity (Wildman–Crippen MR) is 160 cm³/mol. The second kappa shape index (κ2) is 12.8. The van der Waals surface area contributed by atoms with E-state index in [0.29, 0.717) is 32.3 Å². The van der Waals surface area contributed by atoms with Crippen LogP contribution in [0.25, 0.3) is 6.08 Å². The molecule has 1 aliphatic rings. The average Bonchev–Trinajstić information content (AvgIpc) is 2.92. The van der Waals surface area contributed by atoms with Gasteiger partial charge >= 0.3 is 6.03 Å². The summed E-state index contributed by atoms with van der Waals surface area (Å²) in [6.07, 6.45) is 1.37. The van der Waals surface area contributed by atoms with E-state index in [1.54, 1.807) is 18.2 Å². The van der Waals surface area contributed by atoms with Crippen LogP contribution in [-0.4, -0.2) is 38.7 Å². The monoisotopic (exact) mass is 696 g/mol. The molecule has 1 aliphatic heterocycles. The third-order valence-electron chi connectivity index (χ3n) is 5.77. The van der Waals surface area contributed by atoms with Gasteiger partial charge in [-0.3, -0.25) is 14.9 Å². The number of rotatable bonds is 9. The molecule has 1 fully saturated rings. The molecule has 0 atom stereocenters. The molecule has 0 radical (unpaired) electrons. The maximum atomic E-state index is 13.5. The van der Waals surface area contributed by atoms with Crippen molar-refractivity contribution in [3.63, 3.8) is 0 Å². The molecule has 0 unspecified atom stereocenters. The van der Waals surface area contributed by atoms with Crippen LogP contribution in [0.4, 0.5) is 10.5 Å². The van der Waals surface area contributed by atoms with Crippen molar-refractivity contribution in [1.29, 1.82) is 0 Å². The van der Waals surface area contributed by atoms with Crippen LogP contribution >= 0.6 is 45.8 Å². The summed E-state index contributed by atoms with van der Waals surface area (Å²) in [4.78, 5) is 39.9. The van der Waals surface area contributed by atoms with Gasteiger partial charge in [0.25, 0.3) is 11.8 Å². The van der Waals surface area contributed by atoms with Crippen molar-refractivity contribution >= 4 is 75.4 Å². The molecule has 0 aliphatic carbocycles. The van der Waals surface area contributed by atoms with Gasteiger partial charge in [0, 0.05) is 22.7 Å². The molecule has 9 nitrogen and oxygen atoms in total. The van der Waals surface area contributed by atoms with Crippen molar-refractivity contribution in [2.45, 2.75) is 13.5 Å². The minimum absolute atomic E-state index is 0.0533. The van der Waals surface area contributed by atoms with Crippen molar-refractivity contribution in [3.05, 3.63) is 78.8 Å². The number of benzene rings is 3. The third kappa shape index (κ3) is 6.13. The molecule has 4 rings (SSSR count). The van der Waals surface area contributed by atoms with E-state index in [9.17, 15) is 14.4 Å². The van der Waals surface area contributed by atoms with Crippen LogP contribution in [0.3, 0.4) is 0 Å². The molecule has 0 aromatic heterocycles. The Morgan fingerprint density at radius 2 is 1.65 bits per heavy atom. The Labute approximate surface area is 254 Å². The number of hydrogen-bond donors (Lipinski definition) is 1. The topological polar surface area (TPSA) is 103 Å². The molecule has 12 heteroatoms. The minimum Gasteiger partial charge on any atom is -0.495 e. The maximum absolute atomic E-state index is 13.5. The second-order valence-corrected chi connectivity index (χ2v) is 10.2. The molecule has 40 heavy (non-hydrogen) atoms. The van der Waals surface area contributed by atoms with Crippen molar-refractivity contribution in [1.82, 2.24) is 5.32 Å². The smallest absolute Gasteiger partial charge is 0.336 e. The zero-order chi connectivity index (χ0) is 29.0. The molecular weight excluding hydrogens is 674 g/mol. The lowest BCUT2D eigenvalue weighted by Crippen LogP contribution is -2.54. The zero-order valence-electron chi connectivity index (χ0n) is 21.5. The second-order valence-electron chi connectivity index (χ2n) is 8.26. The van der Waals surface area contributed by atoms with Crippen LogP contribution in [0.15, 0.2) is 54.1 Å². The molecule has 1 N–H and O–H groups in total. The van der Waals surface area contributed by atoms with Crippen LogP contribution in [0.5, 0.6) is 23.0 Å². The van der Waals surface area contributed by atoms with Gasteiger partial charge in [0.05, 0.1) is 35.1 Å². The van der Waals surface area contributed by atoms with Gasteiger partial charge in [-0.05, 0) is 59.4 Å². The fourth-order valence-corrected chi connectivity index (χ4v) is 5.10. The molecule has 4 amide bonds. The summed E-state index contributed by atoms with van der Waals surface area (Å²) in [5, 5.41) is 2.99. The number of hydrogen-bond acceptors (Lipinski definition) is 7. The van der Waals surface area contributed by atoms with Gasteiger partial charge in [0.2, 0.25) is 0 Å². The largest absolute Gasteiger partial charge is 0.495 e. The number of nitrogens with zero attached hydrogens (tertiary/aromatic N) is 1. The third-order valence-corrected chi connectivity index (χ3v) is 7.23. The van der Waals surface area contributed by atoms with Crippen LogP contribution in [-0.2, 0) is 16.2 Å². The van der Waals surface area contributed by atoms with Gasteiger partial charge < -0.3 is 18.9 Å². The highest BCUT2D eigenvalue weighted by Gasteiger charge is 2.38. The van der Waals surface area contributed by atoms with Gasteiger partial charge in [-0.1, -0.05) is 41.4 Å². The molecule has 0 bridgehead atoms. The standard InChI is InChI=1S/C28H23Cl2IN2O7/c1-4-39-24-11-15(10-20(31)25(24)40-14-16-7-5-6-8-18(16)29)9-17-26(34)32-28(36)33(27(17)35)21-13-22(37-2)19(30)12-23(21)38-3/h5-13H,4,14H2,1-3H3,(H,32,34,36)/b17-9+. The summed E-state index contributed by atoms with van der Waals surface area (Å²) in [5.41, 5.74) is 1.06. The Hall–Kier alpha value is -3.48. The van der Waals surface area contributed by atoms with Crippen molar-refractivity contribution < 1.29 is 33.3 Å². The lowest BCUT2D eigenvalue weighted by molar-refractivity contribution is -0.122. The van der Waals surface area contributed by atoms with Gasteiger partial charge in [0.1, 0.15) is 23.7 Å². The molecular formula is C28H23Cl2IN2O7. The van der Waals surface area contributed by atoms with E-state index < -0.39 is 17.8 Å². The van der Waals surface area contributed by atoms with E-state index in [1.807, 2.05) is 25.1 Å². The first-order valence-corrected chi connectivity index (χ1v) is 13.7. The van der Waals surface area contributed by atoms with Gasteiger partial charge in [-0.25, -0.2) is 9.69 Å². The Balaban J connectivity index is 1.71. The van der Waals surface area contributed by atoms with Crippen molar-refractivity contribution in [2.24, 2.45) is 0 Å². The predicted octanol–water partition coefficient (Wildman–Crippen LogP) is 6.26. The van der Waals surface area contributed by atoms with Crippen LogP contribution in [0.1, 0.15) is 18.1 Å². The SMILES string of the molecule is CCOc1cc(/C=C2\C(=O)NC(=O)N(c3cc(OC)c(Cl)cc3OC)C2=O)cc(I)c1OCc1ccccc1Cl. The summed E-state index contributed by atoms with van der Waals surface area (Å²) in [6.45, 7) is 2.38. The van der Waals surface area contributed by atoms with Crippen LogP contribution in [0.2, 0.25) is 10.0 Å². The van der Waals surface area contributed by atoms with E-state index in [0.717, 1.165) is 10.5 Å². The fourth-order valence-electron chi connectivity index (χ4n) is 3.90. The minimum atomic E-state index is -0.942. The fraction of sp³-hybridized carbons (Fsp3) is 0.179. The summed E-state index contributed by atoms with van der Waals surface area (Å²) in [6, 6.07) is 12.6. The van der Waals surface area contributed by atoms with Crippen molar-refractivity contribution in [2.75, 3.05) is 25.7 Å². The number of anilines is 1. The number of carbonyl (C=O) groups excluding carboxylic acids is 3. The highest BCUT2D eigenvalue weighted by molar-refractivity contribution is 14.1. The van der Waals surface area contributed by atoms with E-state index in [2.05, 4.69) is 27.9 Å².